The SMILES string of the molecule is N#Cc1cc2c(nc1SCc1ccccc1C(N)=O)CCCC2. The van der Waals surface area contributed by atoms with Gasteiger partial charge in [0.2, 0.25) is 5.91 Å². The summed E-state index contributed by atoms with van der Waals surface area (Å²) in [5.41, 5.74) is 9.74. The molecule has 0 fully saturated rings. The third-order valence-corrected chi connectivity index (χ3v) is 5.07. The van der Waals surface area contributed by atoms with Gasteiger partial charge in [-0.05, 0) is 48.9 Å². The maximum absolute atomic E-state index is 11.5. The van der Waals surface area contributed by atoms with Gasteiger partial charge in [0.1, 0.15) is 11.1 Å². The Morgan fingerprint density at radius 3 is 2.87 bits per heavy atom. The van der Waals surface area contributed by atoms with Crippen LogP contribution in [0.15, 0.2) is 35.4 Å². The maximum Gasteiger partial charge on any atom is 0.249 e. The Balaban J connectivity index is 1.86. The zero-order chi connectivity index (χ0) is 16.2. The molecule has 0 atom stereocenters. The molecule has 1 aliphatic carbocycles. The van der Waals surface area contributed by atoms with E-state index in [0.29, 0.717) is 16.9 Å². The van der Waals surface area contributed by atoms with Crippen molar-refractivity contribution in [2.45, 2.75) is 36.5 Å². The molecule has 1 aromatic heterocycles. The molecule has 2 aromatic rings. The molecular formula is C18H17N3OS. The quantitative estimate of drug-likeness (QED) is 0.876. The summed E-state index contributed by atoms with van der Waals surface area (Å²) in [6.07, 6.45) is 4.30. The van der Waals surface area contributed by atoms with E-state index in [9.17, 15) is 10.1 Å². The van der Waals surface area contributed by atoms with Crippen LogP contribution in [0.4, 0.5) is 0 Å². The molecule has 3 rings (SSSR count). The van der Waals surface area contributed by atoms with E-state index >= 15 is 0 Å². The van der Waals surface area contributed by atoms with Crippen LogP contribution in [0.2, 0.25) is 0 Å². The molecule has 1 aromatic carbocycles. The third-order valence-electron chi connectivity index (χ3n) is 4.03. The second-order valence-electron chi connectivity index (χ2n) is 5.58. The molecule has 0 saturated carbocycles. The number of nitrogens with two attached hydrogens (primary N) is 1. The van der Waals surface area contributed by atoms with E-state index in [4.69, 9.17) is 10.7 Å². The minimum Gasteiger partial charge on any atom is -0.366 e. The summed E-state index contributed by atoms with van der Waals surface area (Å²) in [6, 6.07) is 11.5. The van der Waals surface area contributed by atoms with E-state index in [0.717, 1.165) is 42.0 Å². The van der Waals surface area contributed by atoms with Crippen molar-refractivity contribution >= 4 is 17.7 Å². The number of aryl methyl sites for hydroxylation is 2. The van der Waals surface area contributed by atoms with Gasteiger partial charge in [0.05, 0.1) is 5.56 Å². The van der Waals surface area contributed by atoms with Crippen LogP contribution in [-0.2, 0) is 18.6 Å². The van der Waals surface area contributed by atoms with E-state index in [-0.39, 0.29) is 0 Å². The van der Waals surface area contributed by atoms with Crippen LogP contribution in [0.1, 0.15) is 45.6 Å². The van der Waals surface area contributed by atoms with E-state index in [2.05, 4.69) is 6.07 Å². The van der Waals surface area contributed by atoms with Gasteiger partial charge in [-0.25, -0.2) is 4.98 Å². The van der Waals surface area contributed by atoms with E-state index in [1.54, 1.807) is 12.1 Å². The van der Waals surface area contributed by atoms with Crippen molar-refractivity contribution in [2.75, 3.05) is 0 Å². The number of thioether (sulfide) groups is 1. The molecule has 2 N–H and O–H groups in total. The van der Waals surface area contributed by atoms with Crippen LogP contribution in [0, 0.1) is 11.3 Å². The van der Waals surface area contributed by atoms with E-state index in [1.807, 2.05) is 18.2 Å². The molecule has 0 unspecified atom stereocenters. The summed E-state index contributed by atoms with van der Waals surface area (Å²) < 4.78 is 0. The van der Waals surface area contributed by atoms with Gasteiger partial charge in [0.15, 0.2) is 0 Å². The molecule has 1 aliphatic rings. The Kier molecular flexibility index (Phi) is 4.63. The standard InChI is InChI=1S/C18H17N3OS/c19-10-14-9-12-5-2-4-8-16(12)21-18(14)23-11-13-6-1-3-7-15(13)17(20)22/h1,3,6-7,9H,2,4-5,8,11H2,(H2,20,22). The highest BCUT2D eigenvalue weighted by molar-refractivity contribution is 7.98. The van der Waals surface area contributed by atoms with Crippen LogP contribution in [0.5, 0.6) is 0 Å². The van der Waals surface area contributed by atoms with Gasteiger partial charge in [0, 0.05) is 17.0 Å². The molecule has 0 radical (unpaired) electrons. The summed E-state index contributed by atoms with van der Waals surface area (Å²) in [5, 5.41) is 10.1. The lowest BCUT2D eigenvalue weighted by Crippen LogP contribution is -2.13. The fourth-order valence-electron chi connectivity index (χ4n) is 2.84. The summed E-state index contributed by atoms with van der Waals surface area (Å²) in [7, 11) is 0. The number of pyridine rings is 1. The molecule has 23 heavy (non-hydrogen) atoms. The first-order valence-electron chi connectivity index (χ1n) is 7.62. The van der Waals surface area contributed by atoms with Crippen LogP contribution in [0.25, 0.3) is 0 Å². The predicted octanol–water partition coefficient (Wildman–Crippen LogP) is 3.22. The monoisotopic (exact) mass is 323 g/mol. The lowest BCUT2D eigenvalue weighted by molar-refractivity contribution is 0.0999. The average Bonchev–Trinajstić information content (AvgIpc) is 2.59. The molecule has 1 amide bonds. The fourth-order valence-corrected chi connectivity index (χ4v) is 3.82. The number of carbonyl (C=O) groups is 1. The smallest absolute Gasteiger partial charge is 0.249 e. The van der Waals surface area contributed by atoms with Crippen LogP contribution in [0.3, 0.4) is 0 Å². The Morgan fingerprint density at radius 1 is 1.30 bits per heavy atom. The average molecular weight is 323 g/mol. The summed E-state index contributed by atoms with van der Waals surface area (Å²) in [5.74, 6) is 0.139. The van der Waals surface area contributed by atoms with Gasteiger partial charge in [-0.1, -0.05) is 18.2 Å². The van der Waals surface area contributed by atoms with Crippen molar-refractivity contribution in [2.24, 2.45) is 5.73 Å². The molecule has 4 nitrogen and oxygen atoms in total. The second-order valence-corrected chi connectivity index (χ2v) is 6.54. The van der Waals surface area contributed by atoms with Gasteiger partial charge in [-0.3, -0.25) is 4.79 Å². The summed E-state index contributed by atoms with van der Waals surface area (Å²) >= 11 is 1.49. The fraction of sp³-hybridized carbons (Fsp3) is 0.278. The topological polar surface area (TPSA) is 79.8 Å². The molecule has 5 heteroatoms. The minimum absolute atomic E-state index is 0.430. The lowest BCUT2D eigenvalue weighted by atomic mass is 9.95. The van der Waals surface area contributed by atoms with Crippen molar-refractivity contribution in [3.8, 4) is 6.07 Å². The van der Waals surface area contributed by atoms with Crippen molar-refractivity contribution in [3.63, 3.8) is 0 Å². The van der Waals surface area contributed by atoms with Crippen LogP contribution in [-0.4, -0.2) is 10.9 Å². The Hall–Kier alpha value is -2.32. The molecule has 116 valence electrons. The van der Waals surface area contributed by atoms with Gasteiger partial charge in [0.25, 0.3) is 0 Å². The molecule has 0 spiro atoms. The van der Waals surface area contributed by atoms with E-state index < -0.39 is 5.91 Å². The number of benzene rings is 1. The zero-order valence-electron chi connectivity index (χ0n) is 12.7. The Labute approximate surface area is 139 Å². The summed E-state index contributed by atoms with van der Waals surface area (Å²) in [4.78, 5) is 16.2. The number of nitriles is 1. The maximum atomic E-state index is 11.5. The minimum atomic E-state index is -0.430. The van der Waals surface area contributed by atoms with Crippen molar-refractivity contribution < 1.29 is 4.79 Å². The van der Waals surface area contributed by atoms with E-state index in [1.165, 1.54) is 17.3 Å². The highest BCUT2D eigenvalue weighted by Gasteiger charge is 2.16. The first-order valence-corrected chi connectivity index (χ1v) is 8.61. The largest absolute Gasteiger partial charge is 0.366 e. The zero-order valence-corrected chi connectivity index (χ0v) is 13.5. The van der Waals surface area contributed by atoms with Crippen molar-refractivity contribution in [3.05, 3.63) is 58.3 Å². The normalized spacial score (nSPS) is 13.2. The number of amides is 1. The molecule has 0 aliphatic heterocycles. The van der Waals surface area contributed by atoms with Gasteiger partial charge in [-0.15, -0.1) is 11.8 Å². The Bertz CT molecular complexity index is 795. The number of fused-ring (bicyclic) bond motifs is 1. The van der Waals surface area contributed by atoms with Crippen molar-refractivity contribution in [1.29, 1.82) is 5.26 Å². The highest BCUT2D eigenvalue weighted by atomic mass is 32.2. The number of aromatic nitrogens is 1. The second kappa shape index (κ2) is 6.84. The number of hydrogen-bond donors (Lipinski definition) is 1. The first kappa shape index (κ1) is 15.6. The first-order chi connectivity index (χ1) is 11.2. The molecule has 0 bridgehead atoms. The van der Waals surface area contributed by atoms with Crippen molar-refractivity contribution in [1.82, 2.24) is 4.98 Å². The number of hydrogen-bond acceptors (Lipinski definition) is 4. The van der Waals surface area contributed by atoms with Gasteiger partial charge < -0.3 is 5.73 Å². The number of nitrogens with zero attached hydrogens (tertiary/aromatic N) is 2. The third kappa shape index (κ3) is 3.38. The molecular weight excluding hydrogens is 306 g/mol. The number of rotatable bonds is 4. The van der Waals surface area contributed by atoms with Gasteiger partial charge >= 0.3 is 0 Å². The van der Waals surface area contributed by atoms with Crippen LogP contribution < -0.4 is 5.73 Å². The molecule has 0 saturated heterocycles. The number of carbonyl (C=O) groups excluding carboxylic acids is 1. The lowest BCUT2D eigenvalue weighted by Gasteiger charge is -2.16. The van der Waals surface area contributed by atoms with Gasteiger partial charge in [-0.2, -0.15) is 5.26 Å². The number of primary amides is 1. The molecule has 1 heterocycles. The highest BCUT2D eigenvalue weighted by Crippen LogP contribution is 2.29. The van der Waals surface area contributed by atoms with Crippen LogP contribution >= 0.6 is 11.8 Å². The summed E-state index contributed by atoms with van der Waals surface area (Å²) in [6.45, 7) is 0. The predicted molar refractivity (Wildman–Crippen MR) is 90.1 cm³/mol. The Morgan fingerprint density at radius 2 is 2.09 bits per heavy atom.